The third kappa shape index (κ3) is 4.22. The van der Waals surface area contributed by atoms with Crippen molar-refractivity contribution < 1.29 is 14.4 Å². The summed E-state index contributed by atoms with van der Waals surface area (Å²) in [5.74, 6) is -0.400. The topological polar surface area (TPSA) is 69.7 Å². The van der Waals surface area contributed by atoms with Gasteiger partial charge in [-0.3, -0.25) is 14.4 Å². The van der Waals surface area contributed by atoms with Crippen LogP contribution in [0.2, 0.25) is 10.0 Å². The van der Waals surface area contributed by atoms with Crippen LogP contribution in [-0.2, 0) is 14.4 Å². The van der Waals surface area contributed by atoms with Crippen LogP contribution in [-0.4, -0.2) is 53.7 Å². The Morgan fingerprint density at radius 1 is 1.26 bits per heavy atom. The molecule has 2 aliphatic heterocycles. The van der Waals surface area contributed by atoms with Gasteiger partial charge in [0.1, 0.15) is 0 Å². The smallest absolute Gasteiger partial charge is 0.228 e. The normalized spacial score (nSPS) is 25.7. The Balaban J connectivity index is 1.57. The molecule has 0 aromatic heterocycles. The molecular weight excluding hydrogens is 389 g/mol. The molecular formula is C19H23Cl2N3O3. The lowest BCUT2D eigenvalue weighted by Gasteiger charge is -2.41. The van der Waals surface area contributed by atoms with E-state index in [0.29, 0.717) is 36.1 Å². The van der Waals surface area contributed by atoms with Gasteiger partial charge >= 0.3 is 0 Å². The number of nitrogens with zero attached hydrogens (tertiary/aromatic N) is 2. The molecule has 2 fully saturated rings. The lowest BCUT2D eigenvalue weighted by atomic mass is 9.92. The van der Waals surface area contributed by atoms with Gasteiger partial charge in [-0.1, -0.05) is 23.2 Å². The van der Waals surface area contributed by atoms with Crippen LogP contribution in [0.5, 0.6) is 0 Å². The van der Waals surface area contributed by atoms with E-state index in [1.165, 1.54) is 0 Å². The summed E-state index contributed by atoms with van der Waals surface area (Å²) in [7, 11) is 0. The van der Waals surface area contributed by atoms with Gasteiger partial charge in [-0.05, 0) is 38.5 Å². The number of halogens is 2. The molecule has 2 aliphatic rings. The summed E-state index contributed by atoms with van der Waals surface area (Å²) in [6, 6.07) is 5.67. The van der Waals surface area contributed by atoms with E-state index < -0.39 is 5.54 Å². The minimum absolute atomic E-state index is 0.00538. The highest BCUT2D eigenvalue weighted by Crippen LogP contribution is 2.29. The molecule has 2 amide bonds. The summed E-state index contributed by atoms with van der Waals surface area (Å²) in [6.45, 7) is 5.64. The minimum atomic E-state index is -0.916. The van der Waals surface area contributed by atoms with Crippen LogP contribution >= 0.6 is 23.2 Å². The van der Waals surface area contributed by atoms with Gasteiger partial charge in [0.25, 0.3) is 0 Å². The molecule has 1 aromatic rings. The fourth-order valence-corrected chi connectivity index (χ4v) is 4.00. The highest BCUT2D eigenvalue weighted by molar-refractivity contribution is 6.42. The average molecular weight is 412 g/mol. The Morgan fingerprint density at radius 3 is 2.59 bits per heavy atom. The highest BCUT2D eigenvalue weighted by Gasteiger charge is 2.42. The molecule has 27 heavy (non-hydrogen) atoms. The number of rotatable bonds is 4. The quantitative estimate of drug-likeness (QED) is 0.773. The molecule has 0 saturated carbocycles. The van der Waals surface area contributed by atoms with Crippen molar-refractivity contribution in [3.63, 3.8) is 0 Å². The number of carbonyl (C=O) groups is 3. The third-order valence-electron chi connectivity index (χ3n) is 5.41. The summed E-state index contributed by atoms with van der Waals surface area (Å²) in [5, 5.41) is 3.72. The molecule has 0 spiro atoms. The maximum absolute atomic E-state index is 12.6. The number of Topliss-reactive ketones (excluding diaryl/α,β-unsaturated/α-hetero) is 1. The zero-order chi connectivity index (χ0) is 19.8. The number of ketones is 1. The first-order chi connectivity index (χ1) is 12.7. The van der Waals surface area contributed by atoms with Gasteiger partial charge in [0.05, 0.1) is 22.0 Å². The van der Waals surface area contributed by atoms with Crippen LogP contribution in [0.25, 0.3) is 0 Å². The predicted molar refractivity (Wildman–Crippen MR) is 105 cm³/mol. The van der Waals surface area contributed by atoms with E-state index in [1.807, 2.05) is 17.0 Å². The first kappa shape index (κ1) is 20.0. The Morgan fingerprint density at radius 2 is 2.00 bits per heavy atom. The predicted octanol–water partition coefficient (Wildman–Crippen LogP) is 2.66. The van der Waals surface area contributed by atoms with Crippen LogP contribution in [0.4, 0.5) is 5.69 Å². The van der Waals surface area contributed by atoms with E-state index in [4.69, 9.17) is 23.2 Å². The fourth-order valence-electron chi connectivity index (χ4n) is 3.71. The van der Waals surface area contributed by atoms with E-state index in [2.05, 4.69) is 17.1 Å². The second-order valence-electron chi connectivity index (χ2n) is 7.46. The molecule has 1 N–H and O–H groups in total. The molecule has 8 heteroatoms. The monoisotopic (exact) mass is 411 g/mol. The summed E-state index contributed by atoms with van der Waals surface area (Å²) in [6.07, 6.45) is 0.476. The van der Waals surface area contributed by atoms with E-state index >= 15 is 0 Å². The lowest BCUT2D eigenvalue weighted by molar-refractivity contribution is -0.132. The van der Waals surface area contributed by atoms with Gasteiger partial charge in [0.2, 0.25) is 11.8 Å². The first-order valence-electron chi connectivity index (χ1n) is 9.03. The third-order valence-corrected chi connectivity index (χ3v) is 6.14. The number of amides is 2. The molecule has 3 rings (SSSR count). The molecule has 0 bridgehead atoms. The molecule has 0 aliphatic carbocycles. The van der Waals surface area contributed by atoms with Crippen molar-refractivity contribution >= 4 is 46.5 Å². The van der Waals surface area contributed by atoms with Crippen molar-refractivity contribution in [3.05, 3.63) is 28.2 Å². The molecule has 1 aromatic carbocycles. The second kappa shape index (κ2) is 7.68. The van der Waals surface area contributed by atoms with Gasteiger partial charge in [-0.25, -0.2) is 0 Å². The largest absolute Gasteiger partial charge is 0.365 e. The SMILES string of the molecule is C[C@H]1CN(C(=O)CCC2(C)NC(=O)CC2=O)CCN1c1ccc(Cl)c(Cl)c1. The number of hydrogen-bond donors (Lipinski definition) is 1. The van der Waals surface area contributed by atoms with E-state index in [-0.39, 0.29) is 36.5 Å². The number of piperazine rings is 1. The fraction of sp³-hybridized carbons (Fsp3) is 0.526. The van der Waals surface area contributed by atoms with Gasteiger partial charge in [0, 0.05) is 37.8 Å². The highest BCUT2D eigenvalue weighted by atomic mass is 35.5. The molecule has 2 atom stereocenters. The van der Waals surface area contributed by atoms with Gasteiger partial charge in [-0.2, -0.15) is 0 Å². The van der Waals surface area contributed by atoms with Gasteiger partial charge in [0.15, 0.2) is 5.78 Å². The number of anilines is 1. The van der Waals surface area contributed by atoms with Crippen LogP contribution in [0.1, 0.15) is 33.1 Å². The maximum atomic E-state index is 12.6. The van der Waals surface area contributed by atoms with Crippen LogP contribution in [0, 0.1) is 0 Å². The molecule has 146 valence electrons. The van der Waals surface area contributed by atoms with Crippen molar-refractivity contribution in [2.75, 3.05) is 24.5 Å². The maximum Gasteiger partial charge on any atom is 0.228 e. The molecule has 0 radical (unpaired) electrons. The van der Waals surface area contributed by atoms with E-state index in [9.17, 15) is 14.4 Å². The zero-order valence-corrected chi connectivity index (χ0v) is 16.9. The average Bonchev–Trinajstić information content (AvgIpc) is 2.87. The molecule has 2 saturated heterocycles. The Labute approximate surface area is 168 Å². The number of carbonyl (C=O) groups excluding carboxylic acids is 3. The Hall–Kier alpha value is -1.79. The van der Waals surface area contributed by atoms with E-state index in [0.717, 1.165) is 5.69 Å². The lowest BCUT2D eigenvalue weighted by Crippen LogP contribution is -2.54. The van der Waals surface area contributed by atoms with E-state index in [1.54, 1.807) is 13.0 Å². The zero-order valence-electron chi connectivity index (χ0n) is 15.4. The standard InChI is InChI=1S/C19H23Cl2N3O3/c1-12-11-23(7-8-24(12)13-3-4-14(20)15(21)9-13)18(27)5-6-19(2)16(25)10-17(26)22-19/h3-4,9,12H,5-8,10-11H2,1-2H3,(H,22,26)/t12-,19?/m0/s1. The first-order valence-corrected chi connectivity index (χ1v) is 9.79. The molecule has 1 unspecified atom stereocenters. The van der Waals surface area contributed by atoms with Crippen molar-refractivity contribution in [2.45, 2.75) is 44.7 Å². The molecule has 6 nitrogen and oxygen atoms in total. The van der Waals surface area contributed by atoms with Gasteiger partial charge in [-0.15, -0.1) is 0 Å². The Bertz CT molecular complexity index is 785. The van der Waals surface area contributed by atoms with Crippen LogP contribution in [0.15, 0.2) is 18.2 Å². The number of benzene rings is 1. The van der Waals surface area contributed by atoms with Crippen molar-refractivity contribution in [1.82, 2.24) is 10.2 Å². The van der Waals surface area contributed by atoms with Crippen LogP contribution in [0.3, 0.4) is 0 Å². The summed E-state index contributed by atoms with van der Waals surface area (Å²) in [4.78, 5) is 40.0. The van der Waals surface area contributed by atoms with Crippen molar-refractivity contribution in [1.29, 1.82) is 0 Å². The number of nitrogens with one attached hydrogen (secondary N) is 1. The number of hydrogen-bond acceptors (Lipinski definition) is 4. The molecule has 2 heterocycles. The Kier molecular flexibility index (Phi) is 5.68. The second-order valence-corrected chi connectivity index (χ2v) is 8.28. The summed E-state index contributed by atoms with van der Waals surface area (Å²) in [5.41, 5.74) is 0.0658. The summed E-state index contributed by atoms with van der Waals surface area (Å²) < 4.78 is 0. The van der Waals surface area contributed by atoms with Crippen molar-refractivity contribution in [2.24, 2.45) is 0 Å². The van der Waals surface area contributed by atoms with Crippen LogP contribution < -0.4 is 10.2 Å². The summed E-state index contributed by atoms with van der Waals surface area (Å²) >= 11 is 12.1. The van der Waals surface area contributed by atoms with Gasteiger partial charge < -0.3 is 15.1 Å². The van der Waals surface area contributed by atoms with Crippen molar-refractivity contribution in [3.8, 4) is 0 Å². The minimum Gasteiger partial charge on any atom is -0.365 e.